The van der Waals surface area contributed by atoms with Crippen LogP contribution < -0.4 is 4.72 Å². The Hall–Kier alpha value is -1.66. The first-order chi connectivity index (χ1) is 9.38. The minimum Gasteiger partial charge on any atom is -0.268 e. The van der Waals surface area contributed by atoms with Crippen LogP contribution in [0, 0.1) is 6.92 Å². The highest BCUT2D eigenvalue weighted by Crippen LogP contribution is 2.15. The highest BCUT2D eigenvalue weighted by molar-refractivity contribution is 9.10. The summed E-state index contributed by atoms with van der Waals surface area (Å²) in [7, 11) is -3.85. The number of amides is 1. The molecular formula is C14H12BrNO3S. The smallest absolute Gasteiger partial charge is 0.264 e. The van der Waals surface area contributed by atoms with E-state index >= 15 is 0 Å². The number of aryl methyl sites for hydroxylation is 1. The van der Waals surface area contributed by atoms with Crippen molar-refractivity contribution >= 4 is 31.9 Å². The lowest BCUT2D eigenvalue weighted by molar-refractivity contribution is 0.0981. The van der Waals surface area contributed by atoms with Crippen molar-refractivity contribution in [3.05, 3.63) is 64.1 Å². The molecule has 0 atom stereocenters. The van der Waals surface area contributed by atoms with Gasteiger partial charge in [0.1, 0.15) is 0 Å². The standard InChI is InChI=1S/C14H12BrNO3S/c1-10-2-4-11(5-3-10)14(17)16-20(18,19)13-8-6-12(15)7-9-13/h2-9H,1H3,(H,16,17). The van der Waals surface area contributed by atoms with Gasteiger partial charge in [-0.1, -0.05) is 33.6 Å². The molecule has 0 unspecified atom stereocenters. The number of halogens is 1. The van der Waals surface area contributed by atoms with Crippen LogP contribution in [0.15, 0.2) is 57.9 Å². The molecule has 2 rings (SSSR count). The Balaban J connectivity index is 2.22. The second-order valence-corrected chi connectivity index (χ2v) is 6.85. The average Bonchev–Trinajstić information content (AvgIpc) is 2.39. The summed E-state index contributed by atoms with van der Waals surface area (Å²) < 4.78 is 26.9. The van der Waals surface area contributed by atoms with Gasteiger partial charge in [0.05, 0.1) is 4.90 Å². The van der Waals surface area contributed by atoms with Crippen molar-refractivity contribution in [1.29, 1.82) is 0 Å². The minimum atomic E-state index is -3.85. The SMILES string of the molecule is Cc1ccc(C(=O)NS(=O)(=O)c2ccc(Br)cc2)cc1. The number of sulfonamides is 1. The largest absolute Gasteiger partial charge is 0.268 e. The Labute approximate surface area is 126 Å². The Morgan fingerprint density at radius 1 is 1.00 bits per heavy atom. The van der Waals surface area contributed by atoms with Gasteiger partial charge in [-0.25, -0.2) is 13.1 Å². The van der Waals surface area contributed by atoms with Gasteiger partial charge in [0.2, 0.25) is 0 Å². The van der Waals surface area contributed by atoms with Gasteiger partial charge < -0.3 is 0 Å². The summed E-state index contributed by atoms with van der Waals surface area (Å²) in [6.07, 6.45) is 0. The minimum absolute atomic E-state index is 0.0427. The number of carbonyl (C=O) groups is 1. The second-order valence-electron chi connectivity index (χ2n) is 4.25. The second kappa shape index (κ2) is 5.76. The number of nitrogens with one attached hydrogen (secondary N) is 1. The van der Waals surface area contributed by atoms with E-state index in [1.54, 1.807) is 36.4 Å². The third-order valence-corrected chi connectivity index (χ3v) is 4.54. The monoisotopic (exact) mass is 353 g/mol. The van der Waals surface area contributed by atoms with E-state index in [9.17, 15) is 13.2 Å². The molecule has 1 amide bonds. The van der Waals surface area contributed by atoms with Crippen molar-refractivity contribution in [3.63, 3.8) is 0 Å². The van der Waals surface area contributed by atoms with Crippen molar-refractivity contribution in [3.8, 4) is 0 Å². The molecule has 0 fully saturated rings. The van der Waals surface area contributed by atoms with Crippen molar-refractivity contribution < 1.29 is 13.2 Å². The fraction of sp³-hybridized carbons (Fsp3) is 0.0714. The van der Waals surface area contributed by atoms with Crippen LogP contribution in [0.5, 0.6) is 0 Å². The van der Waals surface area contributed by atoms with E-state index in [1.165, 1.54) is 12.1 Å². The van der Waals surface area contributed by atoms with Crippen molar-refractivity contribution in [2.24, 2.45) is 0 Å². The fourth-order valence-electron chi connectivity index (χ4n) is 1.56. The van der Waals surface area contributed by atoms with Crippen molar-refractivity contribution in [1.82, 2.24) is 4.72 Å². The van der Waals surface area contributed by atoms with Gasteiger partial charge in [-0.3, -0.25) is 4.79 Å². The van der Waals surface area contributed by atoms with Crippen LogP contribution in [0.4, 0.5) is 0 Å². The third kappa shape index (κ3) is 3.46. The highest BCUT2D eigenvalue weighted by atomic mass is 79.9. The fourth-order valence-corrected chi connectivity index (χ4v) is 2.80. The molecule has 0 aliphatic heterocycles. The summed E-state index contributed by atoms with van der Waals surface area (Å²) >= 11 is 3.22. The van der Waals surface area contributed by atoms with E-state index in [0.29, 0.717) is 5.56 Å². The maximum absolute atomic E-state index is 12.0. The third-order valence-electron chi connectivity index (χ3n) is 2.66. The molecule has 6 heteroatoms. The molecule has 0 aliphatic carbocycles. The maximum Gasteiger partial charge on any atom is 0.264 e. The van der Waals surface area contributed by atoms with Crippen LogP contribution in [0.25, 0.3) is 0 Å². The zero-order valence-corrected chi connectivity index (χ0v) is 13.0. The van der Waals surface area contributed by atoms with Gasteiger partial charge in [0.25, 0.3) is 15.9 Å². The number of rotatable bonds is 3. The van der Waals surface area contributed by atoms with Gasteiger partial charge in [-0.05, 0) is 43.3 Å². The van der Waals surface area contributed by atoms with Crippen LogP contribution in [0.3, 0.4) is 0 Å². The average molecular weight is 354 g/mol. The predicted octanol–water partition coefficient (Wildman–Crippen LogP) is 2.88. The number of hydrogen-bond donors (Lipinski definition) is 1. The molecule has 2 aromatic rings. The Bertz CT molecular complexity index is 722. The van der Waals surface area contributed by atoms with Crippen LogP contribution in [-0.4, -0.2) is 14.3 Å². The first-order valence-corrected chi connectivity index (χ1v) is 8.05. The molecule has 0 saturated carbocycles. The van der Waals surface area contributed by atoms with Crippen LogP contribution in [0.1, 0.15) is 15.9 Å². The van der Waals surface area contributed by atoms with Crippen LogP contribution in [0.2, 0.25) is 0 Å². The lowest BCUT2D eigenvalue weighted by atomic mass is 10.1. The molecule has 0 heterocycles. The molecule has 104 valence electrons. The number of carbonyl (C=O) groups excluding carboxylic acids is 1. The van der Waals surface area contributed by atoms with Gasteiger partial charge in [0, 0.05) is 10.0 Å². The first kappa shape index (κ1) is 14.7. The van der Waals surface area contributed by atoms with E-state index in [2.05, 4.69) is 15.9 Å². The molecule has 2 aromatic carbocycles. The quantitative estimate of drug-likeness (QED) is 0.922. The molecule has 0 spiro atoms. The normalized spacial score (nSPS) is 11.1. The molecule has 1 N–H and O–H groups in total. The van der Waals surface area contributed by atoms with Gasteiger partial charge in [-0.2, -0.15) is 0 Å². The summed E-state index contributed by atoms with van der Waals surface area (Å²) in [5.41, 5.74) is 1.30. The Morgan fingerprint density at radius 2 is 1.55 bits per heavy atom. The van der Waals surface area contributed by atoms with E-state index in [-0.39, 0.29) is 4.90 Å². The van der Waals surface area contributed by atoms with Crippen LogP contribution in [-0.2, 0) is 10.0 Å². The van der Waals surface area contributed by atoms with E-state index < -0.39 is 15.9 Å². The molecule has 0 aliphatic rings. The molecular weight excluding hydrogens is 342 g/mol. The summed E-state index contributed by atoms with van der Waals surface area (Å²) in [5.74, 6) is -0.645. The topological polar surface area (TPSA) is 63.2 Å². The van der Waals surface area contributed by atoms with E-state index in [1.807, 2.05) is 11.6 Å². The molecule has 0 saturated heterocycles. The predicted molar refractivity (Wildman–Crippen MR) is 80.0 cm³/mol. The molecule has 0 radical (unpaired) electrons. The van der Waals surface area contributed by atoms with Gasteiger partial charge >= 0.3 is 0 Å². The lowest BCUT2D eigenvalue weighted by Crippen LogP contribution is -2.30. The molecule has 0 aromatic heterocycles. The first-order valence-electron chi connectivity index (χ1n) is 5.78. The van der Waals surface area contributed by atoms with Crippen molar-refractivity contribution in [2.75, 3.05) is 0 Å². The van der Waals surface area contributed by atoms with E-state index in [0.717, 1.165) is 10.0 Å². The van der Waals surface area contributed by atoms with Crippen LogP contribution >= 0.6 is 15.9 Å². The number of benzene rings is 2. The Kier molecular flexibility index (Phi) is 4.25. The molecule has 20 heavy (non-hydrogen) atoms. The van der Waals surface area contributed by atoms with Gasteiger partial charge in [-0.15, -0.1) is 0 Å². The van der Waals surface area contributed by atoms with E-state index in [4.69, 9.17) is 0 Å². The maximum atomic E-state index is 12.0. The Morgan fingerprint density at radius 3 is 2.10 bits per heavy atom. The summed E-state index contributed by atoms with van der Waals surface area (Å²) in [6.45, 7) is 1.89. The summed E-state index contributed by atoms with van der Waals surface area (Å²) in [5, 5.41) is 0. The zero-order chi connectivity index (χ0) is 14.8. The summed E-state index contributed by atoms with van der Waals surface area (Å²) in [4.78, 5) is 12.0. The lowest BCUT2D eigenvalue weighted by Gasteiger charge is -2.07. The molecule has 0 bridgehead atoms. The summed E-state index contributed by atoms with van der Waals surface area (Å²) in [6, 6.07) is 12.7. The highest BCUT2D eigenvalue weighted by Gasteiger charge is 2.18. The van der Waals surface area contributed by atoms with Gasteiger partial charge in [0.15, 0.2) is 0 Å². The molecule has 4 nitrogen and oxygen atoms in total. The zero-order valence-electron chi connectivity index (χ0n) is 10.6. The number of hydrogen-bond acceptors (Lipinski definition) is 3. The van der Waals surface area contributed by atoms with Crippen molar-refractivity contribution in [2.45, 2.75) is 11.8 Å².